The first-order valence-corrected chi connectivity index (χ1v) is 10.2. The van der Waals surface area contributed by atoms with Gasteiger partial charge in [0.1, 0.15) is 11.4 Å². The normalized spacial score (nSPS) is 17.3. The Morgan fingerprint density at radius 2 is 1.86 bits per heavy atom. The van der Waals surface area contributed by atoms with Crippen molar-refractivity contribution in [1.29, 1.82) is 0 Å². The van der Waals surface area contributed by atoms with E-state index in [1.54, 1.807) is 17.0 Å². The smallest absolute Gasteiger partial charge is 0.410 e. The predicted octanol–water partition coefficient (Wildman–Crippen LogP) is 4.53. The molecule has 0 aromatic heterocycles. The van der Waals surface area contributed by atoms with Gasteiger partial charge in [0.2, 0.25) is 0 Å². The maximum Gasteiger partial charge on any atom is 0.410 e. The Balaban J connectivity index is 1.83. The number of aliphatic hydroxyl groups is 1. The van der Waals surface area contributed by atoms with E-state index in [1.807, 2.05) is 58.0 Å². The first-order valence-electron chi connectivity index (χ1n) is 10.2. The van der Waals surface area contributed by atoms with Crippen molar-refractivity contribution in [1.82, 2.24) is 4.90 Å². The van der Waals surface area contributed by atoms with Crippen LogP contribution >= 0.6 is 0 Å². The van der Waals surface area contributed by atoms with Crippen molar-refractivity contribution in [3.05, 3.63) is 64.7 Å². The molecule has 1 amide bonds. The van der Waals surface area contributed by atoms with Gasteiger partial charge in [-0.2, -0.15) is 0 Å². The van der Waals surface area contributed by atoms with Crippen LogP contribution in [0.25, 0.3) is 0 Å². The van der Waals surface area contributed by atoms with Gasteiger partial charge in [0, 0.05) is 6.04 Å². The summed E-state index contributed by atoms with van der Waals surface area (Å²) in [6.45, 7) is 7.68. The van der Waals surface area contributed by atoms with Crippen LogP contribution in [0.5, 0.6) is 5.75 Å². The third kappa shape index (κ3) is 5.51. The standard InChI is InChI=1S/C24H31NO4/c1-16-5-7-18(8-6-16)22(27)15-25(23(28)29-24(2,3)4)20-11-9-17-10-12-21(26)14-19(17)13-20/h5-8,10,12,14,20,22,26-27H,9,11,13,15H2,1-4H3/t20-,22-/m0/s1. The number of hydrogen-bond donors (Lipinski definition) is 2. The van der Waals surface area contributed by atoms with E-state index < -0.39 is 17.8 Å². The fraction of sp³-hybridized carbons (Fsp3) is 0.458. The van der Waals surface area contributed by atoms with Gasteiger partial charge >= 0.3 is 6.09 Å². The number of amides is 1. The fourth-order valence-electron chi connectivity index (χ4n) is 3.76. The Morgan fingerprint density at radius 1 is 1.17 bits per heavy atom. The van der Waals surface area contributed by atoms with Crippen LogP contribution in [0.15, 0.2) is 42.5 Å². The van der Waals surface area contributed by atoms with Gasteiger partial charge in [-0.05, 0) is 75.8 Å². The summed E-state index contributed by atoms with van der Waals surface area (Å²) in [6, 6.07) is 13.0. The average Bonchev–Trinajstić information content (AvgIpc) is 2.64. The molecule has 2 aromatic rings. The van der Waals surface area contributed by atoms with E-state index in [0.717, 1.165) is 29.5 Å². The van der Waals surface area contributed by atoms with E-state index in [2.05, 4.69) is 0 Å². The molecule has 0 saturated heterocycles. The molecule has 0 unspecified atom stereocenters. The van der Waals surface area contributed by atoms with Crippen LogP contribution in [0.1, 0.15) is 55.5 Å². The lowest BCUT2D eigenvalue weighted by Gasteiger charge is -2.37. The fourth-order valence-corrected chi connectivity index (χ4v) is 3.76. The van der Waals surface area contributed by atoms with Crippen molar-refractivity contribution in [3.8, 4) is 5.75 Å². The number of fused-ring (bicyclic) bond motifs is 1. The van der Waals surface area contributed by atoms with E-state index in [-0.39, 0.29) is 18.3 Å². The molecule has 29 heavy (non-hydrogen) atoms. The summed E-state index contributed by atoms with van der Waals surface area (Å²) in [5.41, 5.74) is 3.52. The van der Waals surface area contributed by atoms with Crippen LogP contribution in [0.2, 0.25) is 0 Å². The maximum atomic E-state index is 13.0. The number of nitrogens with zero attached hydrogens (tertiary/aromatic N) is 1. The molecule has 0 spiro atoms. The third-order valence-corrected chi connectivity index (χ3v) is 5.29. The molecule has 0 bridgehead atoms. The quantitative estimate of drug-likeness (QED) is 0.795. The number of rotatable bonds is 4. The zero-order valence-corrected chi connectivity index (χ0v) is 17.7. The summed E-state index contributed by atoms with van der Waals surface area (Å²) in [5, 5.41) is 20.7. The number of ether oxygens (including phenoxy) is 1. The second-order valence-electron chi connectivity index (χ2n) is 8.91. The Kier molecular flexibility index (Phi) is 6.18. The summed E-state index contributed by atoms with van der Waals surface area (Å²) in [4.78, 5) is 14.7. The minimum absolute atomic E-state index is 0.0979. The first kappa shape index (κ1) is 21.2. The number of carbonyl (C=O) groups excluding carboxylic acids is 1. The molecular formula is C24H31NO4. The number of aryl methyl sites for hydroxylation is 2. The van der Waals surface area contributed by atoms with Crippen molar-refractivity contribution >= 4 is 6.09 Å². The van der Waals surface area contributed by atoms with Crippen LogP contribution in [0, 0.1) is 6.92 Å². The van der Waals surface area contributed by atoms with Gasteiger partial charge in [-0.3, -0.25) is 0 Å². The van der Waals surface area contributed by atoms with Crippen molar-refractivity contribution in [3.63, 3.8) is 0 Å². The molecule has 5 nitrogen and oxygen atoms in total. The minimum atomic E-state index is -0.798. The number of phenols is 1. The van der Waals surface area contributed by atoms with Gasteiger partial charge in [-0.25, -0.2) is 4.79 Å². The zero-order chi connectivity index (χ0) is 21.2. The number of phenolic OH excluding ortho intramolecular Hbond substituents is 1. The van der Waals surface area contributed by atoms with E-state index in [0.29, 0.717) is 6.42 Å². The Morgan fingerprint density at radius 3 is 2.52 bits per heavy atom. The van der Waals surface area contributed by atoms with E-state index in [1.165, 1.54) is 5.56 Å². The summed E-state index contributed by atoms with van der Waals surface area (Å²) < 4.78 is 5.65. The number of benzene rings is 2. The lowest BCUT2D eigenvalue weighted by molar-refractivity contribution is 0.00195. The molecule has 1 aliphatic rings. The highest BCUT2D eigenvalue weighted by Crippen LogP contribution is 2.29. The average molecular weight is 398 g/mol. The summed E-state index contributed by atoms with van der Waals surface area (Å²) in [6.07, 6.45) is 1.02. The second kappa shape index (κ2) is 8.46. The largest absolute Gasteiger partial charge is 0.508 e. The highest BCUT2D eigenvalue weighted by atomic mass is 16.6. The molecule has 0 radical (unpaired) electrons. The van der Waals surface area contributed by atoms with Crippen LogP contribution in [-0.4, -0.2) is 39.4 Å². The highest BCUT2D eigenvalue weighted by Gasteiger charge is 2.32. The van der Waals surface area contributed by atoms with Gasteiger partial charge in [-0.1, -0.05) is 35.9 Å². The molecule has 0 aliphatic heterocycles. The van der Waals surface area contributed by atoms with Gasteiger partial charge in [0.15, 0.2) is 0 Å². The summed E-state index contributed by atoms with van der Waals surface area (Å²) in [5.74, 6) is 0.230. The van der Waals surface area contributed by atoms with Gasteiger partial charge in [-0.15, -0.1) is 0 Å². The van der Waals surface area contributed by atoms with Crippen molar-refractivity contribution in [2.24, 2.45) is 0 Å². The topological polar surface area (TPSA) is 70.0 Å². The van der Waals surface area contributed by atoms with Crippen molar-refractivity contribution in [2.45, 2.75) is 64.7 Å². The predicted molar refractivity (Wildman–Crippen MR) is 113 cm³/mol. The van der Waals surface area contributed by atoms with Crippen LogP contribution in [0.4, 0.5) is 4.79 Å². The molecule has 2 aromatic carbocycles. The minimum Gasteiger partial charge on any atom is -0.508 e. The molecule has 2 N–H and O–H groups in total. The first-order chi connectivity index (χ1) is 13.6. The van der Waals surface area contributed by atoms with E-state index in [4.69, 9.17) is 4.74 Å². The van der Waals surface area contributed by atoms with E-state index in [9.17, 15) is 15.0 Å². The Labute approximate surface area is 172 Å². The summed E-state index contributed by atoms with van der Waals surface area (Å²) in [7, 11) is 0. The molecule has 5 heteroatoms. The lowest BCUT2D eigenvalue weighted by atomic mass is 9.87. The van der Waals surface area contributed by atoms with Gasteiger partial charge in [0.05, 0.1) is 12.6 Å². The van der Waals surface area contributed by atoms with Crippen LogP contribution in [-0.2, 0) is 17.6 Å². The lowest BCUT2D eigenvalue weighted by Crippen LogP contribution is -2.47. The second-order valence-corrected chi connectivity index (χ2v) is 8.91. The van der Waals surface area contributed by atoms with Gasteiger partial charge < -0.3 is 19.8 Å². The maximum absolute atomic E-state index is 13.0. The highest BCUT2D eigenvalue weighted by molar-refractivity contribution is 5.69. The molecule has 0 heterocycles. The SMILES string of the molecule is Cc1ccc([C@@H](O)CN(C(=O)OC(C)(C)C)[C@H]2CCc3ccc(O)cc3C2)cc1. The molecule has 3 rings (SSSR count). The molecule has 0 fully saturated rings. The Hall–Kier alpha value is -2.53. The molecule has 0 saturated carbocycles. The number of carbonyl (C=O) groups is 1. The number of hydrogen-bond acceptors (Lipinski definition) is 4. The van der Waals surface area contributed by atoms with Gasteiger partial charge in [0.25, 0.3) is 0 Å². The third-order valence-electron chi connectivity index (χ3n) is 5.29. The van der Waals surface area contributed by atoms with Crippen molar-refractivity contribution in [2.75, 3.05) is 6.54 Å². The number of aliphatic hydroxyl groups excluding tert-OH is 1. The van der Waals surface area contributed by atoms with Crippen LogP contribution < -0.4 is 0 Å². The zero-order valence-electron chi connectivity index (χ0n) is 17.7. The van der Waals surface area contributed by atoms with Crippen molar-refractivity contribution < 1.29 is 19.7 Å². The molecular weight excluding hydrogens is 366 g/mol. The van der Waals surface area contributed by atoms with E-state index >= 15 is 0 Å². The monoisotopic (exact) mass is 397 g/mol. The number of aromatic hydroxyl groups is 1. The summed E-state index contributed by atoms with van der Waals surface area (Å²) >= 11 is 0. The van der Waals surface area contributed by atoms with Crippen LogP contribution in [0.3, 0.4) is 0 Å². The Bertz CT molecular complexity index is 854. The molecule has 156 valence electrons. The molecule has 2 atom stereocenters. The molecule has 1 aliphatic carbocycles.